The van der Waals surface area contributed by atoms with Gasteiger partial charge in [0.2, 0.25) is 0 Å². The molecule has 27 heavy (non-hydrogen) atoms. The monoisotopic (exact) mass is 408 g/mol. The Morgan fingerprint density at radius 1 is 1.04 bits per heavy atom. The number of carbonyl (C=O) groups excluding carboxylic acids is 1. The largest absolute Gasteiger partial charge is 0.336 e. The smallest absolute Gasteiger partial charge is 0.257 e. The lowest BCUT2D eigenvalue weighted by Gasteiger charge is -2.34. The third-order valence-corrected chi connectivity index (χ3v) is 5.93. The minimum Gasteiger partial charge on any atom is -0.336 e. The third kappa shape index (κ3) is 4.00. The van der Waals surface area contributed by atoms with Gasteiger partial charge in [-0.15, -0.1) is 0 Å². The highest BCUT2D eigenvalue weighted by Gasteiger charge is 2.28. The molecule has 1 saturated heterocycles. The number of rotatable bonds is 5. The zero-order valence-electron chi connectivity index (χ0n) is 16.1. The van der Waals surface area contributed by atoms with Gasteiger partial charge in [0.15, 0.2) is 0 Å². The van der Waals surface area contributed by atoms with Crippen LogP contribution in [0.5, 0.6) is 0 Å². The highest BCUT2D eigenvalue weighted by Crippen LogP contribution is 2.27. The Bertz CT molecular complexity index is 826. The second kappa shape index (κ2) is 8.63. The van der Waals surface area contributed by atoms with E-state index in [-0.39, 0.29) is 5.91 Å². The van der Waals surface area contributed by atoms with Crippen molar-refractivity contribution in [2.75, 3.05) is 32.7 Å². The Morgan fingerprint density at radius 2 is 1.74 bits per heavy atom. The molecule has 0 N–H and O–H groups in total. The first-order chi connectivity index (χ1) is 13.0. The Labute approximate surface area is 170 Å². The van der Waals surface area contributed by atoms with Gasteiger partial charge < -0.3 is 9.80 Å². The van der Waals surface area contributed by atoms with Crippen molar-refractivity contribution in [3.05, 3.63) is 45.2 Å². The molecule has 0 radical (unpaired) electrons. The summed E-state index contributed by atoms with van der Waals surface area (Å²) in [5.74, 6) is 0.0887. The van der Waals surface area contributed by atoms with Crippen LogP contribution in [0, 0.1) is 0 Å². The van der Waals surface area contributed by atoms with Gasteiger partial charge in [0.25, 0.3) is 5.91 Å². The van der Waals surface area contributed by atoms with Gasteiger partial charge in [0.05, 0.1) is 32.7 Å². The summed E-state index contributed by atoms with van der Waals surface area (Å²) >= 11 is 12.3. The van der Waals surface area contributed by atoms with Crippen molar-refractivity contribution >= 4 is 29.1 Å². The lowest BCUT2D eigenvalue weighted by Crippen LogP contribution is -2.48. The summed E-state index contributed by atoms with van der Waals surface area (Å²) in [5.41, 5.74) is 3.33. The Hall–Kier alpha value is -1.56. The molecule has 5 nitrogen and oxygen atoms in total. The van der Waals surface area contributed by atoms with Crippen LogP contribution in [0.15, 0.2) is 18.2 Å². The fourth-order valence-corrected chi connectivity index (χ4v) is 3.87. The van der Waals surface area contributed by atoms with Crippen molar-refractivity contribution < 1.29 is 4.79 Å². The zero-order chi connectivity index (χ0) is 19.6. The summed E-state index contributed by atoms with van der Waals surface area (Å²) < 4.78 is 1.84. The van der Waals surface area contributed by atoms with Gasteiger partial charge >= 0.3 is 0 Å². The molecule has 1 aliphatic heterocycles. The molecule has 3 rings (SSSR count). The van der Waals surface area contributed by atoms with Crippen molar-refractivity contribution in [1.82, 2.24) is 19.6 Å². The Morgan fingerprint density at radius 3 is 2.30 bits per heavy atom. The number of nitrogens with zero attached hydrogens (tertiary/aromatic N) is 4. The molecule has 0 saturated carbocycles. The number of hydrogen-bond donors (Lipinski definition) is 0. The van der Waals surface area contributed by atoms with Crippen LogP contribution in [0.2, 0.25) is 10.0 Å². The first kappa shape index (κ1) is 20.2. The van der Waals surface area contributed by atoms with E-state index in [1.54, 1.807) is 12.1 Å². The van der Waals surface area contributed by atoms with E-state index < -0.39 is 0 Å². The highest BCUT2D eigenvalue weighted by atomic mass is 35.5. The lowest BCUT2D eigenvalue weighted by atomic mass is 10.1. The van der Waals surface area contributed by atoms with Crippen molar-refractivity contribution in [3.8, 4) is 5.69 Å². The summed E-state index contributed by atoms with van der Waals surface area (Å²) in [7, 11) is 0. The number of benzene rings is 1. The van der Waals surface area contributed by atoms with Crippen LogP contribution < -0.4 is 0 Å². The maximum absolute atomic E-state index is 13.3. The fraction of sp³-hybridized carbons (Fsp3) is 0.500. The van der Waals surface area contributed by atoms with E-state index in [0.29, 0.717) is 22.9 Å². The molecule has 146 valence electrons. The molecule has 0 spiro atoms. The lowest BCUT2D eigenvalue weighted by molar-refractivity contribution is 0.0641. The summed E-state index contributed by atoms with van der Waals surface area (Å²) in [6.45, 7) is 10.6. The predicted molar refractivity (Wildman–Crippen MR) is 110 cm³/mol. The molecule has 1 aromatic heterocycles. The standard InChI is InChI=1S/C20H26Cl2N4O/c1-4-17-19(20(27)25-11-9-24(6-3)10-12-25)18(5-2)26(23-17)14-7-8-15(21)16(22)13-14/h7-8,13H,4-6,9-12H2,1-3H3. The molecule has 1 aliphatic rings. The van der Waals surface area contributed by atoms with Crippen LogP contribution in [0.25, 0.3) is 5.69 Å². The second-order valence-electron chi connectivity index (χ2n) is 6.71. The zero-order valence-corrected chi connectivity index (χ0v) is 17.6. The second-order valence-corrected chi connectivity index (χ2v) is 7.53. The highest BCUT2D eigenvalue weighted by molar-refractivity contribution is 6.42. The summed E-state index contributed by atoms with van der Waals surface area (Å²) in [6.07, 6.45) is 1.42. The number of amides is 1. The average Bonchev–Trinajstić information content (AvgIpc) is 3.08. The fourth-order valence-electron chi connectivity index (χ4n) is 3.58. The van der Waals surface area contributed by atoms with Gasteiger partial charge in [-0.1, -0.05) is 44.0 Å². The van der Waals surface area contributed by atoms with Crippen molar-refractivity contribution in [2.45, 2.75) is 33.6 Å². The number of halogens is 2. The van der Waals surface area contributed by atoms with E-state index in [2.05, 4.69) is 18.7 Å². The summed E-state index contributed by atoms with van der Waals surface area (Å²) in [6, 6.07) is 5.44. The van der Waals surface area contributed by atoms with Crippen molar-refractivity contribution in [2.24, 2.45) is 0 Å². The van der Waals surface area contributed by atoms with Gasteiger partial charge in [0.1, 0.15) is 0 Å². The third-order valence-electron chi connectivity index (χ3n) is 5.19. The summed E-state index contributed by atoms with van der Waals surface area (Å²) in [5, 5.41) is 5.73. The number of carbonyl (C=O) groups is 1. The topological polar surface area (TPSA) is 41.4 Å². The Kier molecular flexibility index (Phi) is 6.45. The first-order valence-corrected chi connectivity index (χ1v) is 10.3. The molecule has 0 aliphatic carbocycles. The minimum atomic E-state index is 0.0887. The number of aryl methyl sites for hydroxylation is 1. The molecule has 2 aromatic rings. The molecule has 0 atom stereocenters. The van der Waals surface area contributed by atoms with Crippen molar-refractivity contribution in [1.29, 1.82) is 0 Å². The SMILES string of the molecule is CCc1nn(-c2ccc(Cl)c(Cl)c2)c(CC)c1C(=O)N1CCN(CC)CC1. The molecule has 1 fully saturated rings. The van der Waals surface area contributed by atoms with E-state index in [4.69, 9.17) is 28.3 Å². The Balaban J connectivity index is 1.99. The van der Waals surface area contributed by atoms with Gasteiger partial charge in [-0.05, 0) is 37.6 Å². The molecule has 0 unspecified atom stereocenters. The van der Waals surface area contributed by atoms with E-state index in [1.807, 2.05) is 22.6 Å². The summed E-state index contributed by atoms with van der Waals surface area (Å²) in [4.78, 5) is 17.7. The number of piperazine rings is 1. The first-order valence-electron chi connectivity index (χ1n) is 9.57. The van der Waals surface area contributed by atoms with Gasteiger partial charge in [-0.25, -0.2) is 4.68 Å². The van der Waals surface area contributed by atoms with Crippen LogP contribution in [-0.2, 0) is 12.8 Å². The normalized spacial score (nSPS) is 15.4. The van der Waals surface area contributed by atoms with E-state index in [9.17, 15) is 4.79 Å². The maximum atomic E-state index is 13.3. The predicted octanol–water partition coefficient (Wildman–Crippen LogP) is 4.08. The van der Waals surface area contributed by atoms with Gasteiger partial charge in [0, 0.05) is 26.2 Å². The quantitative estimate of drug-likeness (QED) is 0.747. The van der Waals surface area contributed by atoms with Crippen LogP contribution in [0.1, 0.15) is 42.5 Å². The molecule has 1 amide bonds. The number of hydrogen-bond acceptors (Lipinski definition) is 3. The average molecular weight is 409 g/mol. The molecule has 1 aromatic carbocycles. The molecule has 2 heterocycles. The van der Waals surface area contributed by atoms with Crippen LogP contribution in [-0.4, -0.2) is 58.2 Å². The molecule has 7 heteroatoms. The van der Waals surface area contributed by atoms with Crippen molar-refractivity contribution in [3.63, 3.8) is 0 Å². The molecule has 0 bridgehead atoms. The molecular weight excluding hydrogens is 383 g/mol. The van der Waals surface area contributed by atoms with Crippen LogP contribution in [0.4, 0.5) is 0 Å². The van der Waals surface area contributed by atoms with E-state index in [1.165, 1.54) is 0 Å². The molecular formula is C20H26Cl2N4O. The van der Waals surface area contributed by atoms with Crippen LogP contribution >= 0.6 is 23.2 Å². The van der Waals surface area contributed by atoms with E-state index in [0.717, 1.165) is 55.4 Å². The van der Waals surface area contributed by atoms with Gasteiger partial charge in [-0.3, -0.25) is 4.79 Å². The minimum absolute atomic E-state index is 0.0887. The maximum Gasteiger partial charge on any atom is 0.257 e. The van der Waals surface area contributed by atoms with E-state index >= 15 is 0 Å². The number of aromatic nitrogens is 2. The number of likely N-dealkylation sites (N-methyl/N-ethyl adjacent to an activating group) is 1. The van der Waals surface area contributed by atoms with Gasteiger partial charge in [-0.2, -0.15) is 5.10 Å². The van der Waals surface area contributed by atoms with Crippen LogP contribution in [0.3, 0.4) is 0 Å².